The Labute approximate surface area is 220 Å². The zero-order valence-corrected chi connectivity index (χ0v) is 21.2. The summed E-state index contributed by atoms with van der Waals surface area (Å²) in [5.74, 6) is 2.61. The van der Waals surface area contributed by atoms with Crippen LogP contribution in [0.2, 0.25) is 0 Å². The molecule has 0 bridgehead atoms. The van der Waals surface area contributed by atoms with Crippen LogP contribution in [-0.4, -0.2) is 62.8 Å². The molecule has 8 heteroatoms. The van der Waals surface area contributed by atoms with Crippen molar-refractivity contribution in [2.75, 3.05) is 14.1 Å². The molecule has 4 unspecified atom stereocenters. The molecule has 0 spiro atoms. The highest BCUT2D eigenvalue weighted by Gasteiger charge is 2.58. The van der Waals surface area contributed by atoms with E-state index in [2.05, 4.69) is 11.8 Å². The monoisotopic (exact) mass is 514 g/mol. The first-order chi connectivity index (χ1) is 18.0. The summed E-state index contributed by atoms with van der Waals surface area (Å²) >= 11 is 0. The molecular formula is C30H30N2O6. The van der Waals surface area contributed by atoms with Gasteiger partial charge >= 0.3 is 0 Å². The van der Waals surface area contributed by atoms with Crippen molar-refractivity contribution in [3.63, 3.8) is 0 Å². The number of rotatable bonds is 3. The van der Waals surface area contributed by atoms with E-state index in [4.69, 9.17) is 5.73 Å². The molecule has 2 aromatic rings. The fourth-order valence-electron chi connectivity index (χ4n) is 6.29. The predicted molar refractivity (Wildman–Crippen MR) is 140 cm³/mol. The van der Waals surface area contributed by atoms with E-state index < -0.39 is 47.3 Å². The third kappa shape index (κ3) is 3.95. The van der Waals surface area contributed by atoms with Crippen molar-refractivity contribution in [2.45, 2.75) is 37.3 Å². The first kappa shape index (κ1) is 25.6. The number of nitrogens with zero attached hydrogens (tertiary/aromatic N) is 1. The maximum absolute atomic E-state index is 13.7. The van der Waals surface area contributed by atoms with E-state index in [-0.39, 0.29) is 34.6 Å². The van der Waals surface area contributed by atoms with Crippen LogP contribution in [0.25, 0.3) is 0 Å². The number of benzene rings is 2. The first-order valence-corrected chi connectivity index (χ1v) is 12.5. The van der Waals surface area contributed by atoms with Gasteiger partial charge in [-0.1, -0.05) is 42.2 Å². The zero-order chi connectivity index (χ0) is 27.4. The maximum atomic E-state index is 13.7. The molecule has 0 fully saturated rings. The average molecular weight is 515 g/mol. The molecule has 196 valence electrons. The topological polar surface area (TPSA) is 144 Å². The molecule has 3 aliphatic carbocycles. The Kier molecular flexibility index (Phi) is 6.30. The second-order valence-electron chi connectivity index (χ2n) is 10.5. The number of aromatic hydroxyl groups is 1. The van der Waals surface area contributed by atoms with Gasteiger partial charge in [0.25, 0.3) is 0 Å². The number of likely N-dealkylation sites (N-methyl/N-ethyl adjacent to an activating group) is 1. The fraction of sp³-hybridized carbons (Fsp3) is 0.333. The van der Waals surface area contributed by atoms with Crippen molar-refractivity contribution >= 4 is 11.7 Å². The number of phenolic OH excluding ortho intramolecular Hbond substituents is 1. The summed E-state index contributed by atoms with van der Waals surface area (Å²) in [6, 6.07) is 12.1. The van der Waals surface area contributed by atoms with Gasteiger partial charge in [-0.3, -0.25) is 14.5 Å². The van der Waals surface area contributed by atoms with Crippen molar-refractivity contribution in [1.82, 2.24) is 4.90 Å². The fourth-order valence-corrected chi connectivity index (χ4v) is 6.29. The molecule has 0 radical (unpaired) electrons. The molecule has 3 aliphatic rings. The van der Waals surface area contributed by atoms with Crippen LogP contribution in [0.15, 0.2) is 65.1 Å². The van der Waals surface area contributed by atoms with Crippen LogP contribution in [0.5, 0.6) is 5.75 Å². The number of aliphatic hydroxyl groups excluding tert-OH is 2. The molecule has 0 aliphatic heterocycles. The Balaban J connectivity index is 1.59. The number of hydrogen-bond donors (Lipinski definition) is 5. The van der Waals surface area contributed by atoms with E-state index in [1.54, 1.807) is 25.1 Å². The molecule has 1 amide bonds. The summed E-state index contributed by atoms with van der Waals surface area (Å²) in [6.07, 6.45) is 0.673. The highest BCUT2D eigenvalue weighted by molar-refractivity contribution is 6.13. The van der Waals surface area contributed by atoms with Gasteiger partial charge in [0.15, 0.2) is 5.78 Å². The Hall–Kier alpha value is -4.06. The number of amides is 1. The number of primary amides is 1. The standard InChI is InChI=1S/C30H30N2O6/c1-32(2)25-21-14-18-13-19-17(10-6-9-16-7-4-3-5-8-16)11-12-22(33)24(19)27(35)23(18)28(36)30(21,38)15-20(26(25)34)29(31)37/h3-5,7-8,11-12,18,21,25,33-34,36,38H,9,13-15H2,1-2H3,(H2,31,37). The lowest BCUT2D eigenvalue weighted by atomic mass is 9.59. The number of nitrogens with two attached hydrogens (primary N) is 1. The van der Waals surface area contributed by atoms with Crippen molar-refractivity contribution in [3.05, 3.63) is 87.4 Å². The number of allylic oxidation sites excluding steroid dienone is 1. The maximum Gasteiger partial charge on any atom is 0.248 e. The number of ketones is 1. The lowest BCUT2D eigenvalue weighted by Gasteiger charge is -2.51. The van der Waals surface area contributed by atoms with Crippen LogP contribution in [0, 0.1) is 23.7 Å². The normalized spacial score (nSPS) is 26.3. The number of fused-ring (bicyclic) bond motifs is 3. The molecule has 0 aromatic heterocycles. The van der Waals surface area contributed by atoms with Gasteiger partial charge in [-0.05, 0) is 56.1 Å². The Morgan fingerprint density at radius 2 is 1.84 bits per heavy atom. The predicted octanol–water partition coefficient (Wildman–Crippen LogP) is 2.54. The molecule has 4 atom stereocenters. The Morgan fingerprint density at radius 1 is 1.13 bits per heavy atom. The quantitative estimate of drug-likeness (QED) is 0.396. The molecule has 38 heavy (non-hydrogen) atoms. The van der Waals surface area contributed by atoms with Gasteiger partial charge in [0.2, 0.25) is 5.91 Å². The second kappa shape index (κ2) is 9.35. The van der Waals surface area contributed by atoms with Crippen LogP contribution < -0.4 is 5.73 Å². The van der Waals surface area contributed by atoms with E-state index in [9.17, 15) is 30.0 Å². The molecule has 8 nitrogen and oxygen atoms in total. The molecular weight excluding hydrogens is 484 g/mol. The van der Waals surface area contributed by atoms with E-state index in [0.717, 1.165) is 5.56 Å². The van der Waals surface area contributed by atoms with Gasteiger partial charge in [0, 0.05) is 29.9 Å². The van der Waals surface area contributed by atoms with E-state index >= 15 is 0 Å². The van der Waals surface area contributed by atoms with Crippen LogP contribution >= 0.6 is 0 Å². The van der Waals surface area contributed by atoms with Crippen LogP contribution in [-0.2, 0) is 17.6 Å². The molecule has 5 rings (SSSR count). The van der Waals surface area contributed by atoms with E-state index in [1.165, 1.54) is 6.07 Å². The van der Waals surface area contributed by atoms with E-state index in [1.807, 2.05) is 30.3 Å². The summed E-state index contributed by atoms with van der Waals surface area (Å²) in [4.78, 5) is 27.5. The first-order valence-electron chi connectivity index (χ1n) is 12.5. The van der Waals surface area contributed by atoms with Gasteiger partial charge in [0.1, 0.15) is 22.9 Å². The van der Waals surface area contributed by atoms with Crippen LogP contribution in [0.3, 0.4) is 0 Å². The van der Waals surface area contributed by atoms with Gasteiger partial charge in [-0.25, -0.2) is 0 Å². The van der Waals surface area contributed by atoms with E-state index in [0.29, 0.717) is 24.0 Å². The summed E-state index contributed by atoms with van der Waals surface area (Å²) in [7, 11) is 3.39. The van der Waals surface area contributed by atoms with Crippen molar-refractivity contribution in [3.8, 4) is 17.6 Å². The minimum atomic E-state index is -1.98. The van der Waals surface area contributed by atoms with Crippen LogP contribution in [0.1, 0.15) is 39.9 Å². The summed E-state index contributed by atoms with van der Waals surface area (Å²) in [6.45, 7) is 0. The summed E-state index contributed by atoms with van der Waals surface area (Å²) < 4.78 is 0. The number of phenols is 1. The lowest BCUT2D eigenvalue weighted by Crippen LogP contribution is -2.59. The molecule has 0 heterocycles. The molecule has 6 N–H and O–H groups in total. The largest absolute Gasteiger partial charge is 0.510 e. The van der Waals surface area contributed by atoms with Gasteiger partial charge in [-0.2, -0.15) is 0 Å². The van der Waals surface area contributed by atoms with Crippen molar-refractivity contribution in [1.29, 1.82) is 0 Å². The Bertz CT molecular complexity index is 1460. The van der Waals surface area contributed by atoms with Crippen molar-refractivity contribution in [2.24, 2.45) is 17.6 Å². The minimum Gasteiger partial charge on any atom is -0.510 e. The molecule has 0 saturated carbocycles. The highest BCUT2D eigenvalue weighted by atomic mass is 16.3. The van der Waals surface area contributed by atoms with Gasteiger partial charge in [0.05, 0.1) is 17.2 Å². The smallest absolute Gasteiger partial charge is 0.248 e. The SMILES string of the molecule is CN(C)C1C(O)=C(C(N)=O)CC2(O)C(O)=C3C(=O)c4c(O)ccc(C#CCc5ccccc5)c4CC3CC12. The Morgan fingerprint density at radius 3 is 2.50 bits per heavy atom. The average Bonchev–Trinajstić information content (AvgIpc) is 2.86. The number of Topliss-reactive ketones (excluding diaryl/α,β-unsaturated/α-hetero) is 1. The number of carbonyl (C=O) groups is 2. The van der Waals surface area contributed by atoms with Crippen molar-refractivity contribution < 1.29 is 30.0 Å². The number of carbonyl (C=O) groups excluding carboxylic acids is 2. The number of hydrogen-bond acceptors (Lipinski definition) is 7. The zero-order valence-electron chi connectivity index (χ0n) is 21.2. The summed E-state index contributed by atoms with van der Waals surface area (Å²) in [5.41, 5.74) is 5.67. The number of aliphatic hydroxyl groups is 3. The van der Waals surface area contributed by atoms with Crippen LogP contribution in [0.4, 0.5) is 0 Å². The third-order valence-corrected chi connectivity index (χ3v) is 8.07. The molecule has 2 aromatic carbocycles. The minimum absolute atomic E-state index is 0.0173. The van der Waals surface area contributed by atoms with Gasteiger partial charge < -0.3 is 26.2 Å². The second-order valence-corrected chi connectivity index (χ2v) is 10.5. The summed E-state index contributed by atoms with van der Waals surface area (Å²) in [5, 5.41) is 44.7. The highest BCUT2D eigenvalue weighted by Crippen LogP contribution is 2.53. The molecule has 0 saturated heterocycles. The van der Waals surface area contributed by atoms with Gasteiger partial charge in [-0.15, -0.1) is 0 Å². The lowest BCUT2D eigenvalue weighted by molar-refractivity contribution is -0.118. The third-order valence-electron chi connectivity index (χ3n) is 8.07.